The van der Waals surface area contributed by atoms with Crippen LogP contribution < -0.4 is 0 Å². The summed E-state index contributed by atoms with van der Waals surface area (Å²) in [5, 5.41) is 40.0. The third kappa shape index (κ3) is 28.0. The van der Waals surface area contributed by atoms with Gasteiger partial charge in [-0.2, -0.15) is 0 Å². The van der Waals surface area contributed by atoms with Crippen molar-refractivity contribution in [2.45, 2.75) is 218 Å². The highest BCUT2D eigenvalue weighted by atomic mass is 16.7. The number of hydrogen-bond donors (Lipinski definition) is 4. The predicted octanol–water partition coefficient (Wildman–Crippen LogP) is 9.11. The predicted molar refractivity (Wildman–Crippen MR) is 219 cm³/mol. The molecule has 2 unspecified atom stereocenters. The average molecular weight is 781 g/mol. The van der Waals surface area contributed by atoms with Crippen molar-refractivity contribution in [2.24, 2.45) is 0 Å². The van der Waals surface area contributed by atoms with Crippen LogP contribution in [0.4, 0.5) is 0 Å². The lowest BCUT2D eigenvalue weighted by Crippen LogP contribution is -2.59. The lowest BCUT2D eigenvalue weighted by molar-refractivity contribution is -0.305. The van der Waals surface area contributed by atoms with Crippen LogP contribution in [-0.4, -0.2) is 89.0 Å². The maximum atomic E-state index is 12.7. The fourth-order valence-electron chi connectivity index (χ4n) is 6.45. The summed E-state index contributed by atoms with van der Waals surface area (Å²) >= 11 is 0. The first-order valence-electron chi connectivity index (χ1n) is 22.1. The molecule has 0 aromatic carbocycles. The van der Waals surface area contributed by atoms with E-state index in [0.29, 0.717) is 12.8 Å². The fourth-order valence-corrected chi connectivity index (χ4v) is 6.45. The van der Waals surface area contributed by atoms with Crippen molar-refractivity contribution < 1.29 is 49.0 Å². The Morgan fingerprint density at radius 2 is 1.02 bits per heavy atom. The van der Waals surface area contributed by atoms with E-state index in [1.165, 1.54) is 89.9 Å². The van der Waals surface area contributed by atoms with Crippen molar-refractivity contribution in [2.75, 3.05) is 19.8 Å². The molecule has 10 heteroatoms. The molecule has 1 rings (SSSR count). The lowest BCUT2D eigenvalue weighted by atomic mass is 9.99. The molecule has 0 amide bonds. The number of aliphatic hydroxyl groups is 4. The molecule has 320 valence electrons. The Morgan fingerprint density at radius 3 is 1.56 bits per heavy atom. The summed E-state index contributed by atoms with van der Waals surface area (Å²) in [4.78, 5) is 25.3. The van der Waals surface area contributed by atoms with Crippen LogP contribution in [0.5, 0.6) is 0 Å². The maximum Gasteiger partial charge on any atom is 0.306 e. The molecule has 1 heterocycles. The van der Waals surface area contributed by atoms with Gasteiger partial charge in [0.25, 0.3) is 0 Å². The van der Waals surface area contributed by atoms with Gasteiger partial charge in [-0.1, -0.05) is 134 Å². The van der Waals surface area contributed by atoms with Gasteiger partial charge in [0.05, 0.1) is 13.2 Å². The van der Waals surface area contributed by atoms with Crippen LogP contribution in [0, 0.1) is 0 Å². The number of allylic oxidation sites excluding steroid dienone is 6. The number of aliphatic hydroxyl groups excluding tert-OH is 4. The zero-order valence-electron chi connectivity index (χ0n) is 34.7. The number of ether oxygens (including phenoxy) is 4. The summed E-state index contributed by atoms with van der Waals surface area (Å²) in [5.41, 5.74) is 0. The summed E-state index contributed by atoms with van der Waals surface area (Å²) < 4.78 is 22.1. The summed E-state index contributed by atoms with van der Waals surface area (Å²) in [6.07, 6.45) is 33.0. The molecule has 0 bridgehead atoms. The molecule has 1 aliphatic heterocycles. The van der Waals surface area contributed by atoms with Gasteiger partial charge in [-0.25, -0.2) is 0 Å². The molecule has 0 aromatic heterocycles. The minimum Gasteiger partial charge on any atom is -0.462 e. The van der Waals surface area contributed by atoms with Crippen molar-refractivity contribution in [3.05, 3.63) is 36.5 Å². The number of hydrogen-bond acceptors (Lipinski definition) is 10. The Kier molecular flexibility index (Phi) is 33.6. The minimum atomic E-state index is -1.60. The van der Waals surface area contributed by atoms with E-state index in [2.05, 4.69) is 50.3 Å². The van der Waals surface area contributed by atoms with Gasteiger partial charge >= 0.3 is 11.9 Å². The fraction of sp³-hybridized carbons (Fsp3) is 0.822. The van der Waals surface area contributed by atoms with E-state index in [1.807, 2.05) is 0 Å². The second-order valence-electron chi connectivity index (χ2n) is 15.1. The van der Waals surface area contributed by atoms with Crippen LogP contribution in [0.1, 0.15) is 181 Å². The molecular formula is C45H80O10. The van der Waals surface area contributed by atoms with Crippen LogP contribution in [-0.2, 0) is 28.5 Å². The van der Waals surface area contributed by atoms with Crippen molar-refractivity contribution in [1.82, 2.24) is 0 Å². The highest BCUT2D eigenvalue weighted by Gasteiger charge is 2.44. The highest BCUT2D eigenvalue weighted by Crippen LogP contribution is 2.22. The standard InChI is InChI=1S/C45H80O10/c1-3-5-7-9-11-13-15-17-19-21-23-25-27-29-31-33-40(47)52-36-38(37-53-45-44(51)43(50)42(49)39(35-46)55-45)54-41(48)34-32-30-28-26-24-22-20-18-16-14-12-10-8-6-4-2/h17,19,22-25,38-39,42-46,49-51H,3-16,18,20-21,26-37H2,1-2H3/b19-17+,24-22+,25-23+/t38-,39-,42+,43?,44?,45-/m0/s1. The summed E-state index contributed by atoms with van der Waals surface area (Å²) in [5.74, 6) is -0.862. The van der Waals surface area contributed by atoms with Crippen LogP contribution >= 0.6 is 0 Å². The van der Waals surface area contributed by atoms with Gasteiger partial charge in [0.2, 0.25) is 0 Å². The van der Waals surface area contributed by atoms with E-state index in [-0.39, 0.29) is 26.1 Å². The van der Waals surface area contributed by atoms with E-state index >= 15 is 0 Å². The second kappa shape index (κ2) is 36.3. The Morgan fingerprint density at radius 1 is 0.564 bits per heavy atom. The second-order valence-corrected chi connectivity index (χ2v) is 15.1. The first-order valence-corrected chi connectivity index (χ1v) is 22.1. The highest BCUT2D eigenvalue weighted by molar-refractivity contribution is 5.70. The first-order chi connectivity index (χ1) is 26.8. The third-order valence-corrected chi connectivity index (χ3v) is 10.00. The summed E-state index contributed by atoms with van der Waals surface area (Å²) in [6.45, 7) is 3.36. The average Bonchev–Trinajstić information content (AvgIpc) is 3.18. The largest absolute Gasteiger partial charge is 0.462 e. The molecule has 0 aromatic rings. The normalized spacial score (nSPS) is 20.9. The minimum absolute atomic E-state index is 0.203. The smallest absolute Gasteiger partial charge is 0.306 e. The molecule has 0 saturated carbocycles. The summed E-state index contributed by atoms with van der Waals surface area (Å²) in [7, 11) is 0. The van der Waals surface area contributed by atoms with Crippen molar-refractivity contribution >= 4 is 11.9 Å². The van der Waals surface area contributed by atoms with Gasteiger partial charge in [-0.3, -0.25) is 9.59 Å². The van der Waals surface area contributed by atoms with Gasteiger partial charge in [-0.05, 0) is 70.6 Å². The molecule has 1 aliphatic rings. The molecule has 4 N–H and O–H groups in total. The maximum absolute atomic E-state index is 12.7. The number of rotatable bonds is 36. The Balaban J connectivity index is 2.38. The number of esters is 2. The third-order valence-electron chi connectivity index (χ3n) is 10.00. The lowest BCUT2D eigenvalue weighted by Gasteiger charge is -2.39. The zero-order chi connectivity index (χ0) is 40.2. The van der Waals surface area contributed by atoms with Crippen LogP contribution in [0.25, 0.3) is 0 Å². The number of carbonyl (C=O) groups is 2. The molecule has 0 spiro atoms. The van der Waals surface area contributed by atoms with Gasteiger partial charge in [-0.15, -0.1) is 0 Å². The quantitative estimate of drug-likeness (QED) is 0.0275. The van der Waals surface area contributed by atoms with Gasteiger partial charge in [0.1, 0.15) is 31.0 Å². The Labute approximate surface area is 334 Å². The van der Waals surface area contributed by atoms with E-state index in [1.54, 1.807) is 0 Å². The van der Waals surface area contributed by atoms with E-state index in [9.17, 15) is 30.0 Å². The van der Waals surface area contributed by atoms with Crippen LogP contribution in [0.15, 0.2) is 36.5 Å². The topological polar surface area (TPSA) is 152 Å². The van der Waals surface area contributed by atoms with Crippen molar-refractivity contribution in [3.8, 4) is 0 Å². The number of carbonyl (C=O) groups excluding carboxylic acids is 2. The molecule has 1 fully saturated rings. The SMILES string of the molecule is CCCCCCCC/C=C/C/C=C/CCCCC(=O)OC[C@@H](CO[C@H]1O[C@@H](CO)[C@@H](O)C(O)C1O)OC(=O)CCCCC/C=C/CCCCCCCCCC. The molecular weight excluding hydrogens is 700 g/mol. The van der Waals surface area contributed by atoms with E-state index < -0.39 is 55.4 Å². The Bertz CT molecular complexity index is 996. The Hall–Kier alpha value is -2.08. The van der Waals surface area contributed by atoms with Crippen molar-refractivity contribution in [3.63, 3.8) is 0 Å². The monoisotopic (exact) mass is 781 g/mol. The van der Waals surface area contributed by atoms with Gasteiger partial charge in [0, 0.05) is 12.8 Å². The molecule has 6 atom stereocenters. The number of unbranched alkanes of at least 4 members (excludes halogenated alkanes) is 19. The van der Waals surface area contributed by atoms with Gasteiger partial charge in [0.15, 0.2) is 12.4 Å². The van der Waals surface area contributed by atoms with Crippen molar-refractivity contribution in [1.29, 1.82) is 0 Å². The molecule has 10 nitrogen and oxygen atoms in total. The molecule has 55 heavy (non-hydrogen) atoms. The summed E-state index contributed by atoms with van der Waals surface area (Å²) in [6, 6.07) is 0. The van der Waals surface area contributed by atoms with Crippen LogP contribution in [0.3, 0.4) is 0 Å². The van der Waals surface area contributed by atoms with Crippen LogP contribution in [0.2, 0.25) is 0 Å². The first kappa shape index (κ1) is 50.9. The van der Waals surface area contributed by atoms with Gasteiger partial charge < -0.3 is 39.4 Å². The van der Waals surface area contributed by atoms with E-state index in [4.69, 9.17) is 18.9 Å². The molecule has 0 radical (unpaired) electrons. The molecule has 1 saturated heterocycles. The molecule has 0 aliphatic carbocycles. The van der Waals surface area contributed by atoms with E-state index in [0.717, 1.165) is 51.4 Å². The zero-order valence-corrected chi connectivity index (χ0v) is 34.7.